The maximum atomic E-state index is 11.6. The van der Waals surface area contributed by atoms with Crippen LogP contribution in [0.25, 0.3) is 5.69 Å². The molecule has 22 N–H and O–H groups in total. The Kier molecular flexibility index (Phi) is 56.3. The summed E-state index contributed by atoms with van der Waals surface area (Å²) in [6.07, 6.45) is -21.0. The fraction of sp³-hybridized carbons (Fsp3) is 0.593. The van der Waals surface area contributed by atoms with Crippen molar-refractivity contribution in [3.63, 3.8) is 0 Å². The van der Waals surface area contributed by atoms with Crippen molar-refractivity contribution in [2.24, 2.45) is 20.2 Å². The number of nitrogens with zero attached hydrogens (tertiary/aromatic N) is 6. The van der Waals surface area contributed by atoms with Gasteiger partial charge >= 0.3 is 23.4 Å². The van der Waals surface area contributed by atoms with Gasteiger partial charge in [0.15, 0.2) is 35.4 Å². The Hall–Kier alpha value is -9.81. The Morgan fingerprint density at radius 3 is 0.958 bits per heavy atom. The number of aliphatic imine (C=N–C) groups is 2. The standard InChI is InChI=1S/C22H32N4O11.C22H30N4O11.C22H32N4O8S2.C20H29N3O8S2/c2*1-13(28)23-17-19(30)18(29)16(12-27)37-20(17)36-11-9-34-7-6-33-8-10-35-15-4-2-14(3-5-15)26-21(31)24-25-22(26)32;1-14(28)25-18-20(30)19(29)17(12-27)34-21(18)33-11-10-32-9-8-31-7-6-23-22(36)26-16-4-2-15(3-5-16)24-13-35;24-11-15-16(25)17(26)18(27)19(31-15)30-10-9-29-8-7-28-6-5-21-20(33)23-14-3-1-13(2-4-14)22-12-32/h2-5,16-20,27,29-30H,6-12H2,1H3,(H,23,28)(H,24,31)(H,25,32);2-5,16-20,27,29-30H,6-12H2,1H3,(H,23,28);2-5,17-21,27,29-30H,6-12H2,1H3,(H,25,28)(H2,23,26,36);1-4,15-19,24-27H,5-11H2,(H2,21,23,33)/t2*16?,17?,18-,19+,20+;17?,18?,19-,20+,21+;15?,16-,17+,18?,19+/m0001/s1. The molecule has 4 fully saturated rings. The third-order valence-electron chi connectivity index (χ3n) is 20.3. The monoisotopic (exact) mass is 2100 g/mol. The van der Waals surface area contributed by atoms with Gasteiger partial charge in [-0.2, -0.15) is 9.98 Å². The van der Waals surface area contributed by atoms with E-state index in [0.29, 0.717) is 124 Å². The molecule has 0 spiro atoms. The van der Waals surface area contributed by atoms with Crippen LogP contribution >= 0.6 is 48.9 Å². The number of aromatic amines is 2. The predicted octanol–water partition coefficient (Wildman–Crippen LogP) is -3.94. The highest BCUT2D eigenvalue weighted by Gasteiger charge is 2.49. The first-order valence-electron chi connectivity index (χ1n) is 44.6. The molecule has 0 bridgehead atoms. The van der Waals surface area contributed by atoms with Crippen molar-refractivity contribution in [3.05, 3.63) is 118 Å². The number of hydrogen-bond acceptors (Lipinski definition) is 44. The summed E-state index contributed by atoms with van der Waals surface area (Å²) in [6.45, 7) is 8.31. The minimum atomic E-state index is -1.47. The number of aromatic nitrogens is 3. The first-order valence-corrected chi connectivity index (χ1v) is 46.3. The van der Waals surface area contributed by atoms with E-state index in [4.69, 9.17) is 115 Å². The summed E-state index contributed by atoms with van der Waals surface area (Å²) in [7, 11) is 0. The number of thiocarbonyl (C=S) groups is 4. The fourth-order valence-corrected chi connectivity index (χ4v) is 13.9. The summed E-state index contributed by atoms with van der Waals surface area (Å²) in [4.78, 5) is 89.1. The smallest absolute Gasteiger partial charge is 0.375 e. The van der Waals surface area contributed by atoms with Crippen LogP contribution in [0.5, 0.6) is 11.5 Å². The second-order valence-corrected chi connectivity index (χ2v) is 31.8. The fourth-order valence-electron chi connectivity index (χ4n) is 13.2. The summed E-state index contributed by atoms with van der Waals surface area (Å²) in [5.74, 6) is -0.220. The van der Waals surface area contributed by atoms with Crippen LogP contribution in [0.15, 0.2) is 127 Å². The predicted molar refractivity (Wildman–Crippen MR) is 513 cm³/mol. The zero-order valence-corrected chi connectivity index (χ0v) is 81.2. The van der Waals surface area contributed by atoms with E-state index in [2.05, 4.69) is 102 Å². The third-order valence-corrected chi connectivity index (χ3v) is 20.9. The number of benzene rings is 4. The largest absolute Gasteiger partial charge is 0.491 e. The highest BCUT2D eigenvalue weighted by atomic mass is 32.1. The van der Waals surface area contributed by atoms with Gasteiger partial charge in [-0.3, -0.25) is 14.4 Å². The van der Waals surface area contributed by atoms with Crippen LogP contribution in [0.4, 0.5) is 38.0 Å². The van der Waals surface area contributed by atoms with Gasteiger partial charge in [-0.25, -0.2) is 38.8 Å². The van der Waals surface area contributed by atoms with Crippen molar-refractivity contribution in [3.8, 4) is 17.2 Å². The molecule has 10 rings (SSSR count). The van der Waals surface area contributed by atoms with E-state index in [-0.39, 0.29) is 79.3 Å². The van der Waals surface area contributed by atoms with Crippen molar-refractivity contribution in [2.45, 2.75) is 143 Å². The SMILES string of the molecule is CC(=O)NC1[C@H](OCCOCCOCCNC(=S)Nc2ccc(N=C=S)cc2)OC(CO)[C@H](O)[C@@H]1O.CC(=O)NC1[C@H](OCCOCCOCCOc2ccc(-n3c(=O)[nH][nH]c3=O)cc2)OC(CO)[C@H](O)[C@@H]1O.CC(=O)NC1[C@H](OCCOCCOCCOc2ccc(N3C(=O)N=NC3=O)cc2)OC(CO)[C@H](O)[C@@H]1O.OCC1O[C@H](OCCOCCOCCNC(=S)Nc2ccc(N=C=S)cc2)C(O)[C@@H](O)[C@@H]1O. The van der Waals surface area contributed by atoms with E-state index in [0.717, 1.165) is 20.8 Å². The van der Waals surface area contributed by atoms with E-state index < -0.39 is 190 Å². The zero-order valence-electron chi connectivity index (χ0n) is 77.9. The summed E-state index contributed by atoms with van der Waals surface area (Å²) < 4.78 is 99.1. The van der Waals surface area contributed by atoms with Crippen molar-refractivity contribution in [1.29, 1.82) is 0 Å². The summed E-state index contributed by atoms with van der Waals surface area (Å²) in [6, 6.07) is 22.7. The second-order valence-electron chi connectivity index (χ2n) is 30.6. The molecule has 8 unspecified atom stereocenters. The molecule has 4 saturated heterocycles. The number of azo groups is 1. The minimum absolute atomic E-state index is 0.0671. The number of rotatable bonds is 55. The highest BCUT2D eigenvalue weighted by Crippen LogP contribution is 2.29. The molecular formula is C86H123N15O38S4. The summed E-state index contributed by atoms with van der Waals surface area (Å²) in [5, 5.41) is 163. The second kappa shape index (κ2) is 67.1. The van der Waals surface area contributed by atoms with Crippen LogP contribution < -0.4 is 63.0 Å². The number of aliphatic hydroxyl groups is 13. The Bertz CT molecular complexity index is 4800. The molecule has 143 heavy (non-hydrogen) atoms. The average Bonchev–Trinajstić information content (AvgIpc) is 1.67. The van der Waals surface area contributed by atoms with Crippen LogP contribution in [0.1, 0.15) is 20.8 Å². The number of ether oxygens (including phenoxy) is 18. The molecule has 1 aromatic heterocycles. The molecule has 794 valence electrons. The molecule has 5 aliphatic rings. The Balaban J connectivity index is 0.000000259. The number of isothiocyanates is 2. The number of imide groups is 1. The van der Waals surface area contributed by atoms with Crippen LogP contribution in [0, 0.1) is 0 Å². The topological polar surface area (TPSA) is 722 Å². The molecule has 20 atom stereocenters. The number of carbonyl (C=O) groups is 5. The van der Waals surface area contributed by atoms with Gasteiger partial charge in [0.1, 0.15) is 122 Å². The van der Waals surface area contributed by atoms with Crippen molar-refractivity contribution in [2.75, 3.05) is 200 Å². The first-order chi connectivity index (χ1) is 68.9. The van der Waals surface area contributed by atoms with Gasteiger partial charge in [-0.05, 0) is 146 Å². The number of anilines is 3. The molecule has 7 amide bonds. The molecule has 53 nitrogen and oxygen atoms in total. The van der Waals surface area contributed by atoms with Crippen LogP contribution in [0.2, 0.25) is 0 Å². The van der Waals surface area contributed by atoms with Crippen molar-refractivity contribution < 1.29 is 176 Å². The van der Waals surface area contributed by atoms with Gasteiger partial charge in [0, 0.05) is 45.2 Å². The van der Waals surface area contributed by atoms with Gasteiger partial charge in [0.05, 0.1) is 192 Å². The molecule has 57 heteroatoms. The molecular weight excluding hydrogens is 1980 g/mol. The Morgan fingerprint density at radius 1 is 0.371 bits per heavy atom. The van der Waals surface area contributed by atoms with Gasteiger partial charge in [-0.15, -0.1) is 0 Å². The number of hydrogen-bond donors (Lipinski definition) is 22. The molecule has 4 aromatic carbocycles. The minimum Gasteiger partial charge on any atom is -0.491 e. The number of H-pyrrole nitrogens is 2. The van der Waals surface area contributed by atoms with Crippen molar-refractivity contribution >= 4 is 128 Å². The molecule has 5 aromatic rings. The van der Waals surface area contributed by atoms with E-state index in [1.807, 2.05) is 24.3 Å². The van der Waals surface area contributed by atoms with Gasteiger partial charge < -0.3 is 189 Å². The van der Waals surface area contributed by atoms with E-state index >= 15 is 0 Å². The van der Waals surface area contributed by atoms with Gasteiger partial charge in [0.2, 0.25) is 17.7 Å². The molecule has 0 aliphatic carbocycles. The lowest BCUT2D eigenvalue weighted by Gasteiger charge is -2.42. The maximum absolute atomic E-state index is 11.6. The molecule has 0 saturated carbocycles. The third kappa shape index (κ3) is 42.3. The Labute approximate surface area is 839 Å². The number of carbonyl (C=O) groups excluding carboxylic acids is 5. The number of urea groups is 2. The van der Waals surface area contributed by atoms with Crippen LogP contribution in [0.3, 0.4) is 0 Å². The van der Waals surface area contributed by atoms with E-state index in [1.54, 1.807) is 72.8 Å². The van der Waals surface area contributed by atoms with Crippen LogP contribution in [-0.4, -0.2) is 439 Å². The Morgan fingerprint density at radius 2 is 0.650 bits per heavy atom. The first kappa shape index (κ1) is 120. The lowest BCUT2D eigenvalue weighted by Crippen LogP contribution is -2.64. The number of nitrogens with one attached hydrogen (secondary N) is 9. The summed E-state index contributed by atoms with van der Waals surface area (Å²) in [5.41, 5.74) is 2.67. The van der Waals surface area contributed by atoms with Crippen molar-refractivity contribution in [1.82, 2.24) is 41.3 Å². The molecule has 6 heterocycles. The quantitative estimate of drug-likeness (QED) is 0.0100. The number of amides is 7. The maximum Gasteiger partial charge on any atom is 0.375 e. The molecule has 0 radical (unpaired) electrons. The van der Waals surface area contributed by atoms with Gasteiger partial charge in [0.25, 0.3) is 0 Å². The highest BCUT2D eigenvalue weighted by molar-refractivity contribution is 7.80. The van der Waals surface area contributed by atoms with Crippen LogP contribution in [-0.2, 0) is 90.2 Å². The van der Waals surface area contributed by atoms with E-state index in [9.17, 15) is 94.8 Å². The lowest BCUT2D eigenvalue weighted by atomic mass is 9.97. The van der Waals surface area contributed by atoms with Gasteiger partial charge in [-0.1, -0.05) is 10.2 Å². The van der Waals surface area contributed by atoms with E-state index in [1.165, 1.54) is 20.8 Å². The molecule has 5 aliphatic heterocycles. The lowest BCUT2D eigenvalue weighted by molar-refractivity contribution is -0.302. The summed E-state index contributed by atoms with van der Waals surface area (Å²) >= 11 is 19.6. The normalized spacial score (nSPS) is 24.3. The average molecular weight is 2100 g/mol. The zero-order chi connectivity index (χ0) is 104. The number of aliphatic hydroxyl groups excluding tert-OH is 13.